The summed E-state index contributed by atoms with van der Waals surface area (Å²) in [6, 6.07) is 12.7. The van der Waals surface area contributed by atoms with Gasteiger partial charge < -0.3 is 19.2 Å². The van der Waals surface area contributed by atoms with Gasteiger partial charge in [0.05, 0.1) is 19.3 Å². The summed E-state index contributed by atoms with van der Waals surface area (Å²) in [7, 11) is 1.60. The molecule has 0 spiro atoms. The van der Waals surface area contributed by atoms with Crippen molar-refractivity contribution in [3.63, 3.8) is 0 Å². The second-order valence-electron chi connectivity index (χ2n) is 5.31. The number of methoxy groups -OCH3 is 1. The molecule has 0 bridgehead atoms. The molecule has 0 aliphatic heterocycles. The van der Waals surface area contributed by atoms with Crippen LogP contribution in [-0.2, 0) is 0 Å². The lowest BCUT2D eigenvalue weighted by molar-refractivity contribution is 0.102. The van der Waals surface area contributed by atoms with E-state index in [0.717, 1.165) is 11.1 Å². The second kappa shape index (κ2) is 6.66. The van der Waals surface area contributed by atoms with Crippen molar-refractivity contribution < 1.29 is 18.7 Å². The van der Waals surface area contributed by atoms with Crippen LogP contribution in [0, 0.1) is 6.92 Å². The number of fused-ring (bicyclic) bond motifs is 1. The first-order valence-electron chi connectivity index (χ1n) is 7.73. The lowest BCUT2D eigenvalue weighted by Crippen LogP contribution is -2.12. The van der Waals surface area contributed by atoms with Gasteiger partial charge in [-0.3, -0.25) is 4.79 Å². The van der Waals surface area contributed by atoms with Gasteiger partial charge in [-0.25, -0.2) is 0 Å². The molecule has 0 saturated heterocycles. The molecule has 0 aliphatic carbocycles. The van der Waals surface area contributed by atoms with Gasteiger partial charge >= 0.3 is 0 Å². The van der Waals surface area contributed by atoms with Gasteiger partial charge in [0, 0.05) is 11.1 Å². The topological polar surface area (TPSA) is 60.7 Å². The summed E-state index contributed by atoms with van der Waals surface area (Å²) in [5.41, 5.74) is 1.87. The molecule has 0 fully saturated rings. The van der Waals surface area contributed by atoms with Crippen LogP contribution < -0.4 is 14.8 Å². The zero-order valence-corrected chi connectivity index (χ0v) is 13.9. The van der Waals surface area contributed by atoms with E-state index in [2.05, 4.69) is 5.32 Å². The van der Waals surface area contributed by atoms with Crippen LogP contribution in [0.2, 0.25) is 0 Å². The van der Waals surface area contributed by atoms with Gasteiger partial charge in [0.1, 0.15) is 22.8 Å². The van der Waals surface area contributed by atoms with Gasteiger partial charge in [0.25, 0.3) is 5.91 Å². The van der Waals surface area contributed by atoms with Crippen LogP contribution in [-0.4, -0.2) is 19.6 Å². The highest BCUT2D eigenvalue weighted by Gasteiger charge is 2.19. The zero-order valence-electron chi connectivity index (χ0n) is 13.9. The molecule has 5 nitrogen and oxygen atoms in total. The number of furan rings is 1. The third-order valence-electron chi connectivity index (χ3n) is 3.72. The maximum absolute atomic E-state index is 12.7. The molecule has 0 unspecified atom stereocenters. The van der Waals surface area contributed by atoms with Crippen LogP contribution in [0.1, 0.15) is 23.0 Å². The molecular formula is C19H19NO4. The minimum absolute atomic E-state index is 0.218. The van der Waals surface area contributed by atoms with Crippen LogP contribution in [0.3, 0.4) is 0 Å². The quantitative estimate of drug-likeness (QED) is 0.755. The first-order chi connectivity index (χ1) is 11.6. The van der Waals surface area contributed by atoms with Crippen molar-refractivity contribution >= 4 is 22.6 Å². The van der Waals surface area contributed by atoms with Gasteiger partial charge in [-0.2, -0.15) is 0 Å². The van der Waals surface area contributed by atoms with E-state index in [-0.39, 0.29) is 5.91 Å². The Bertz CT molecular complexity index is 865. The number of anilines is 1. The van der Waals surface area contributed by atoms with Crippen LogP contribution in [0.5, 0.6) is 11.5 Å². The van der Waals surface area contributed by atoms with E-state index in [1.165, 1.54) is 0 Å². The van der Waals surface area contributed by atoms with Gasteiger partial charge in [0.2, 0.25) is 0 Å². The van der Waals surface area contributed by atoms with E-state index in [4.69, 9.17) is 13.9 Å². The number of hydrogen-bond acceptors (Lipinski definition) is 4. The minimum atomic E-state index is -0.218. The Balaban J connectivity index is 1.92. The number of amides is 1. The summed E-state index contributed by atoms with van der Waals surface area (Å²) in [5, 5.41) is 3.63. The SMILES string of the molecule is CCOc1ccc2oc(C)c(C(=O)Nc3ccc(OC)cc3)c2c1. The molecule has 3 aromatic rings. The third-order valence-corrected chi connectivity index (χ3v) is 3.72. The molecule has 2 aromatic carbocycles. The van der Waals surface area contributed by atoms with E-state index in [1.807, 2.05) is 25.1 Å². The predicted octanol–water partition coefficient (Wildman–Crippen LogP) is 4.40. The van der Waals surface area contributed by atoms with E-state index in [0.29, 0.717) is 35.0 Å². The first kappa shape index (κ1) is 15.9. The third kappa shape index (κ3) is 3.06. The maximum atomic E-state index is 12.7. The number of ether oxygens (including phenoxy) is 2. The van der Waals surface area contributed by atoms with E-state index in [1.54, 1.807) is 38.3 Å². The summed E-state index contributed by atoms with van der Waals surface area (Å²) < 4.78 is 16.3. The average Bonchev–Trinajstić information content (AvgIpc) is 2.91. The van der Waals surface area contributed by atoms with Crippen molar-refractivity contribution in [2.45, 2.75) is 13.8 Å². The Morgan fingerprint density at radius 3 is 2.50 bits per heavy atom. The minimum Gasteiger partial charge on any atom is -0.497 e. The summed E-state index contributed by atoms with van der Waals surface area (Å²) in [6.45, 7) is 4.26. The van der Waals surface area contributed by atoms with Gasteiger partial charge in [-0.05, 0) is 56.3 Å². The summed E-state index contributed by atoms with van der Waals surface area (Å²) in [4.78, 5) is 12.7. The highest BCUT2D eigenvalue weighted by atomic mass is 16.5. The predicted molar refractivity (Wildman–Crippen MR) is 93.1 cm³/mol. The zero-order chi connectivity index (χ0) is 17.1. The van der Waals surface area contributed by atoms with Gasteiger partial charge in [0.15, 0.2) is 0 Å². The molecule has 1 N–H and O–H groups in total. The number of nitrogens with one attached hydrogen (secondary N) is 1. The first-order valence-corrected chi connectivity index (χ1v) is 7.73. The Morgan fingerprint density at radius 1 is 1.12 bits per heavy atom. The highest BCUT2D eigenvalue weighted by Crippen LogP contribution is 2.30. The van der Waals surface area contributed by atoms with Crippen molar-refractivity contribution in [3.05, 3.63) is 53.8 Å². The van der Waals surface area contributed by atoms with E-state index >= 15 is 0 Å². The molecule has 0 radical (unpaired) electrons. The Morgan fingerprint density at radius 2 is 1.83 bits per heavy atom. The lowest BCUT2D eigenvalue weighted by Gasteiger charge is -2.07. The van der Waals surface area contributed by atoms with E-state index in [9.17, 15) is 4.79 Å². The molecular weight excluding hydrogens is 306 g/mol. The van der Waals surface area contributed by atoms with Crippen molar-refractivity contribution in [1.29, 1.82) is 0 Å². The average molecular weight is 325 g/mol. The molecule has 1 amide bonds. The van der Waals surface area contributed by atoms with Crippen molar-refractivity contribution in [1.82, 2.24) is 0 Å². The Hall–Kier alpha value is -2.95. The van der Waals surface area contributed by atoms with Crippen molar-refractivity contribution in [3.8, 4) is 11.5 Å². The highest BCUT2D eigenvalue weighted by molar-refractivity contribution is 6.13. The number of benzene rings is 2. The molecule has 0 saturated carbocycles. The van der Waals surface area contributed by atoms with Crippen molar-refractivity contribution in [2.75, 3.05) is 19.0 Å². The number of carbonyl (C=O) groups is 1. The Kier molecular flexibility index (Phi) is 4.42. The maximum Gasteiger partial charge on any atom is 0.259 e. The van der Waals surface area contributed by atoms with Crippen molar-refractivity contribution in [2.24, 2.45) is 0 Å². The number of carbonyl (C=O) groups excluding carboxylic acids is 1. The molecule has 0 atom stereocenters. The smallest absolute Gasteiger partial charge is 0.259 e. The number of rotatable bonds is 5. The lowest BCUT2D eigenvalue weighted by atomic mass is 10.1. The summed E-state index contributed by atoms with van der Waals surface area (Å²) >= 11 is 0. The fraction of sp³-hybridized carbons (Fsp3) is 0.211. The largest absolute Gasteiger partial charge is 0.497 e. The normalized spacial score (nSPS) is 10.6. The number of hydrogen-bond donors (Lipinski definition) is 1. The Labute approximate surface area is 140 Å². The standard InChI is InChI=1S/C19H19NO4/c1-4-23-15-9-10-17-16(11-15)18(12(2)24-17)19(21)20-13-5-7-14(22-3)8-6-13/h5-11H,4H2,1-3H3,(H,20,21). The molecule has 1 heterocycles. The fourth-order valence-corrected chi connectivity index (χ4v) is 2.61. The van der Waals surface area contributed by atoms with E-state index < -0.39 is 0 Å². The molecule has 3 rings (SSSR count). The second-order valence-corrected chi connectivity index (χ2v) is 5.31. The molecule has 5 heteroatoms. The molecule has 24 heavy (non-hydrogen) atoms. The molecule has 0 aliphatic rings. The fourth-order valence-electron chi connectivity index (χ4n) is 2.61. The van der Waals surface area contributed by atoms with Crippen LogP contribution in [0.4, 0.5) is 5.69 Å². The summed E-state index contributed by atoms with van der Waals surface area (Å²) in [6.07, 6.45) is 0. The summed E-state index contributed by atoms with van der Waals surface area (Å²) in [5.74, 6) is 1.80. The number of aryl methyl sites for hydroxylation is 1. The van der Waals surface area contributed by atoms with Gasteiger partial charge in [-0.1, -0.05) is 0 Å². The molecule has 124 valence electrons. The van der Waals surface area contributed by atoms with Gasteiger partial charge in [-0.15, -0.1) is 0 Å². The monoisotopic (exact) mass is 325 g/mol. The van der Waals surface area contributed by atoms with Crippen LogP contribution >= 0.6 is 0 Å². The van der Waals surface area contributed by atoms with Crippen LogP contribution in [0.25, 0.3) is 11.0 Å². The van der Waals surface area contributed by atoms with Crippen LogP contribution in [0.15, 0.2) is 46.9 Å². The molecule has 1 aromatic heterocycles.